The minimum atomic E-state index is 0.119. The van der Waals surface area contributed by atoms with Crippen molar-refractivity contribution in [3.63, 3.8) is 0 Å². The van der Waals surface area contributed by atoms with E-state index in [1.54, 1.807) is 4.90 Å². The minimum absolute atomic E-state index is 0.119. The number of piperidine rings is 1. The maximum atomic E-state index is 12.0. The van der Waals surface area contributed by atoms with Gasteiger partial charge in [-0.1, -0.05) is 6.92 Å². The van der Waals surface area contributed by atoms with Crippen molar-refractivity contribution in [2.75, 3.05) is 53.7 Å². The first kappa shape index (κ1) is 17.7. The third-order valence-corrected chi connectivity index (χ3v) is 5.80. The molecular weight excluding hydrogens is 336 g/mol. The van der Waals surface area contributed by atoms with Crippen LogP contribution in [0.4, 0.5) is 28.4 Å². The molecule has 2 aliphatic heterocycles. The predicted octanol–water partition coefficient (Wildman–Crippen LogP) is 4.08. The lowest BCUT2D eigenvalue weighted by Crippen LogP contribution is -2.42. The second-order valence-corrected chi connectivity index (χ2v) is 7.85. The van der Waals surface area contributed by atoms with Crippen LogP contribution >= 0.6 is 0 Å². The molecule has 0 radical (unpaired) electrons. The van der Waals surface area contributed by atoms with Crippen LogP contribution in [0, 0.1) is 5.92 Å². The van der Waals surface area contributed by atoms with E-state index in [4.69, 9.17) is 0 Å². The molecule has 0 spiro atoms. The predicted molar refractivity (Wildman–Crippen MR) is 113 cm³/mol. The van der Waals surface area contributed by atoms with Crippen LogP contribution in [0.3, 0.4) is 0 Å². The van der Waals surface area contributed by atoms with Crippen molar-refractivity contribution in [3.8, 4) is 0 Å². The molecule has 2 aromatic carbocycles. The van der Waals surface area contributed by atoms with Crippen molar-refractivity contribution in [1.29, 1.82) is 0 Å². The molecule has 0 saturated carbocycles. The quantitative estimate of drug-likeness (QED) is 0.891. The fourth-order valence-corrected chi connectivity index (χ4v) is 3.91. The van der Waals surface area contributed by atoms with E-state index in [0.29, 0.717) is 6.54 Å². The van der Waals surface area contributed by atoms with Gasteiger partial charge in [-0.3, -0.25) is 4.79 Å². The van der Waals surface area contributed by atoms with Crippen molar-refractivity contribution in [1.82, 2.24) is 0 Å². The molecule has 1 amide bonds. The van der Waals surface area contributed by atoms with Crippen LogP contribution in [0.5, 0.6) is 0 Å². The molecule has 1 N–H and O–H groups in total. The third kappa shape index (κ3) is 3.59. The molecule has 1 fully saturated rings. The highest BCUT2D eigenvalue weighted by Crippen LogP contribution is 2.35. The SMILES string of the molecule is CC1CCN(c2ccc(Nc3ccc4c(c3)N(C)CC(=O)N4C)cc2)CC1. The highest BCUT2D eigenvalue weighted by Gasteiger charge is 2.24. The average molecular weight is 364 g/mol. The van der Waals surface area contributed by atoms with Gasteiger partial charge in [0.25, 0.3) is 0 Å². The summed E-state index contributed by atoms with van der Waals surface area (Å²) in [6.45, 7) is 5.05. The second kappa shape index (κ2) is 7.14. The van der Waals surface area contributed by atoms with Crippen LogP contribution in [0.1, 0.15) is 19.8 Å². The first-order chi connectivity index (χ1) is 13.0. The van der Waals surface area contributed by atoms with Crippen LogP contribution < -0.4 is 20.0 Å². The maximum absolute atomic E-state index is 12.0. The summed E-state index contributed by atoms with van der Waals surface area (Å²) in [6.07, 6.45) is 2.55. The molecule has 0 atom stereocenters. The summed E-state index contributed by atoms with van der Waals surface area (Å²) in [5, 5.41) is 3.49. The van der Waals surface area contributed by atoms with Crippen molar-refractivity contribution in [3.05, 3.63) is 42.5 Å². The van der Waals surface area contributed by atoms with Gasteiger partial charge in [0.1, 0.15) is 0 Å². The van der Waals surface area contributed by atoms with E-state index in [9.17, 15) is 4.79 Å². The number of rotatable bonds is 3. The number of amides is 1. The van der Waals surface area contributed by atoms with Crippen LogP contribution in [-0.2, 0) is 4.79 Å². The topological polar surface area (TPSA) is 38.8 Å². The Morgan fingerprint density at radius 2 is 1.59 bits per heavy atom. The zero-order valence-electron chi connectivity index (χ0n) is 16.4. The molecule has 142 valence electrons. The Balaban J connectivity index is 1.48. The van der Waals surface area contributed by atoms with E-state index in [0.717, 1.165) is 41.8 Å². The fourth-order valence-electron chi connectivity index (χ4n) is 3.91. The number of carbonyl (C=O) groups is 1. The highest BCUT2D eigenvalue weighted by atomic mass is 16.2. The van der Waals surface area contributed by atoms with Gasteiger partial charge in [0.05, 0.1) is 17.9 Å². The molecule has 0 aliphatic carbocycles. The van der Waals surface area contributed by atoms with Gasteiger partial charge < -0.3 is 20.0 Å². The highest BCUT2D eigenvalue weighted by molar-refractivity contribution is 6.03. The van der Waals surface area contributed by atoms with Gasteiger partial charge in [-0.15, -0.1) is 0 Å². The van der Waals surface area contributed by atoms with E-state index in [1.165, 1.54) is 18.5 Å². The normalized spacial score (nSPS) is 17.9. The number of nitrogens with zero attached hydrogens (tertiary/aromatic N) is 3. The van der Waals surface area contributed by atoms with Gasteiger partial charge in [0.2, 0.25) is 5.91 Å². The lowest BCUT2D eigenvalue weighted by Gasteiger charge is -2.33. The lowest BCUT2D eigenvalue weighted by molar-refractivity contribution is -0.117. The van der Waals surface area contributed by atoms with Crippen LogP contribution in [-0.4, -0.2) is 39.6 Å². The summed E-state index contributed by atoms with van der Waals surface area (Å²) in [7, 11) is 3.79. The summed E-state index contributed by atoms with van der Waals surface area (Å²) >= 11 is 0. The zero-order chi connectivity index (χ0) is 19.0. The van der Waals surface area contributed by atoms with Crippen molar-refractivity contribution < 1.29 is 4.79 Å². The van der Waals surface area contributed by atoms with E-state index in [2.05, 4.69) is 47.5 Å². The van der Waals surface area contributed by atoms with E-state index < -0.39 is 0 Å². The molecule has 0 unspecified atom stereocenters. The average Bonchev–Trinajstić information content (AvgIpc) is 2.68. The van der Waals surface area contributed by atoms with Gasteiger partial charge in [0, 0.05) is 44.2 Å². The smallest absolute Gasteiger partial charge is 0.246 e. The Labute approximate surface area is 161 Å². The molecule has 5 nitrogen and oxygen atoms in total. The number of benzene rings is 2. The van der Waals surface area contributed by atoms with E-state index >= 15 is 0 Å². The standard InChI is InChI=1S/C22H28N4O/c1-16-10-12-26(13-11-16)19-7-4-17(5-8-19)23-18-6-9-20-21(14-18)24(2)15-22(27)25(20)3/h4-9,14,16,23H,10-13,15H2,1-3H3. The number of fused-ring (bicyclic) bond motifs is 1. The zero-order valence-corrected chi connectivity index (χ0v) is 16.4. The van der Waals surface area contributed by atoms with Crippen LogP contribution in [0.15, 0.2) is 42.5 Å². The number of anilines is 5. The molecule has 4 rings (SSSR count). The number of nitrogens with one attached hydrogen (secondary N) is 1. The van der Waals surface area contributed by atoms with Crippen molar-refractivity contribution in [2.45, 2.75) is 19.8 Å². The molecule has 2 heterocycles. The Morgan fingerprint density at radius 3 is 2.30 bits per heavy atom. The Morgan fingerprint density at radius 1 is 0.926 bits per heavy atom. The van der Waals surface area contributed by atoms with E-state index in [-0.39, 0.29) is 5.91 Å². The Bertz CT molecular complexity index is 825. The van der Waals surface area contributed by atoms with Gasteiger partial charge >= 0.3 is 0 Å². The molecule has 1 saturated heterocycles. The maximum Gasteiger partial charge on any atom is 0.246 e. The molecule has 2 aliphatic rings. The molecule has 0 bridgehead atoms. The molecule has 2 aromatic rings. The Hall–Kier alpha value is -2.69. The third-order valence-electron chi connectivity index (χ3n) is 5.80. The summed E-state index contributed by atoms with van der Waals surface area (Å²) in [6, 6.07) is 14.8. The van der Waals surface area contributed by atoms with Crippen LogP contribution in [0.2, 0.25) is 0 Å². The molecule has 5 heteroatoms. The fraction of sp³-hybridized carbons (Fsp3) is 0.409. The van der Waals surface area contributed by atoms with Crippen LogP contribution in [0.25, 0.3) is 0 Å². The van der Waals surface area contributed by atoms with Gasteiger partial charge in [0.15, 0.2) is 0 Å². The summed E-state index contributed by atoms with van der Waals surface area (Å²) in [4.78, 5) is 18.2. The number of hydrogen-bond donors (Lipinski definition) is 1. The Kier molecular flexibility index (Phi) is 4.68. The largest absolute Gasteiger partial charge is 0.372 e. The number of likely N-dealkylation sites (N-methyl/N-ethyl adjacent to an activating group) is 2. The molecule has 0 aromatic heterocycles. The van der Waals surface area contributed by atoms with Crippen molar-refractivity contribution in [2.24, 2.45) is 5.92 Å². The molecular formula is C22H28N4O. The molecule has 27 heavy (non-hydrogen) atoms. The lowest BCUT2D eigenvalue weighted by atomic mass is 9.99. The van der Waals surface area contributed by atoms with Gasteiger partial charge in [-0.25, -0.2) is 0 Å². The van der Waals surface area contributed by atoms with Gasteiger partial charge in [-0.2, -0.15) is 0 Å². The van der Waals surface area contributed by atoms with E-state index in [1.807, 2.05) is 31.1 Å². The van der Waals surface area contributed by atoms with Crippen molar-refractivity contribution >= 4 is 34.3 Å². The first-order valence-electron chi connectivity index (χ1n) is 9.75. The minimum Gasteiger partial charge on any atom is -0.372 e. The number of carbonyl (C=O) groups excluding carboxylic acids is 1. The monoisotopic (exact) mass is 364 g/mol. The summed E-state index contributed by atoms with van der Waals surface area (Å²) in [5.74, 6) is 0.965. The first-order valence-corrected chi connectivity index (χ1v) is 9.75. The summed E-state index contributed by atoms with van der Waals surface area (Å²) in [5.41, 5.74) is 5.43. The second-order valence-electron chi connectivity index (χ2n) is 7.85. The summed E-state index contributed by atoms with van der Waals surface area (Å²) < 4.78 is 0. The number of hydrogen-bond acceptors (Lipinski definition) is 4. The van der Waals surface area contributed by atoms with Gasteiger partial charge in [-0.05, 0) is 61.2 Å².